The van der Waals surface area contributed by atoms with Crippen molar-refractivity contribution in [2.45, 2.75) is 24.3 Å². The SMILES string of the molecule is Cc1ccc(C(=O)NCC[C@H](O)C(=O)O)cc1S(=O)(=O)N1CCOCC1. The molecule has 0 aliphatic carbocycles. The highest BCUT2D eigenvalue weighted by Crippen LogP contribution is 2.22. The van der Waals surface area contributed by atoms with Crippen molar-refractivity contribution in [1.29, 1.82) is 0 Å². The number of aliphatic hydroxyl groups is 1. The number of carboxylic acids is 1. The third-order valence-electron chi connectivity index (χ3n) is 4.03. The van der Waals surface area contributed by atoms with Gasteiger partial charge in [-0.05, 0) is 24.6 Å². The summed E-state index contributed by atoms with van der Waals surface area (Å²) in [6.07, 6.45) is -1.71. The maximum atomic E-state index is 12.8. The van der Waals surface area contributed by atoms with Gasteiger partial charge >= 0.3 is 5.97 Å². The second kappa shape index (κ2) is 8.58. The van der Waals surface area contributed by atoms with E-state index in [1.807, 2.05) is 0 Å². The third-order valence-corrected chi connectivity index (χ3v) is 6.07. The number of benzene rings is 1. The van der Waals surface area contributed by atoms with Crippen molar-refractivity contribution in [3.8, 4) is 0 Å². The van der Waals surface area contributed by atoms with E-state index in [9.17, 15) is 23.1 Å². The van der Waals surface area contributed by atoms with Crippen molar-refractivity contribution in [1.82, 2.24) is 9.62 Å². The largest absolute Gasteiger partial charge is 0.479 e. The quantitative estimate of drug-likeness (QED) is 0.580. The number of morpholine rings is 1. The van der Waals surface area contributed by atoms with Gasteiger partial charge in [0.2, 0.25) is 10.0 Å². The molecule has 1 atom stereocenters. The summed E-state index contributed by atoms with van der Waals surface area (Å²) < 4.78 is 32.1. The minimum atomic E-state index is -3.74. The highest BCUT2D eigenvalue weighted by atomic mass is 32.2. The zero-order valence-corrected chi connectivity index (χ0v) is 15.2. The number of hydrogen-bond donors (Lipinski definition) is 3. The molecule has 0 spiro atoms. The Hall–Kier alpha value is -2.01. The minimum Gasteiger partial charge on any atom is -0.479 e. The maximum absolute atomic E-state index is 12.8. The Morgan fingerprint density at radius 1 is 1.31 bits per heavy atom. The highest BCUT2D eigenvalue weighted by molar-refractivity contribution is 7.89. The predicted octanol–water partition coefficient (Wildman–Crippen LogP) is -0.419. The first kappa shape index (κ1) is 20.3. The summed E-state index contributed by atoms with van der Waals surface area (Å²) in [5, 5.41) is 20.3. The van der Waals surface area contributed by atoms with E-state index in [1.54, 1.807) is 13.0 Å². The van der Waals surface area contributed by atoms with Crippen LogP contribution in [0, 0.1) is 6.92 Å². The zero-order chi connectivity index (χ0) is 19.3. The Balaban J connectivity index is 2.13. The lowest BCUT2D eigenvalue weighted by Gasteiger charge is -2.26. The molecule has 1 aromatic carbocycles. The number of nitrogens with one attached hydrogen (secondary N) is 1. The number of nitrogens with zero attached hydrogens (tertiary/aromatic N) is 1. The van der Waals surface area contributed by atoms with Crippen molar-refractivity contribution in [3.63, 3.8) is 0 Å². The molecule has 1 aromatic rings. The van der Waals surface area contributed by atoms with Crippen molar-refractivity contribution in [3.05, 3.63) is 29.3 Å². The predicted molar refractivity (Wildman–Crippen MR) is 91.3 cm³/mol. The zero-order valence-electron chi connectivity index (χ0n) is 14.3. The number of aliphatic carboxylic acids is 1. The number of sulfonamides is 1. The van der Waals surface area contributed by atoms with E-state index in [4.69, 9.17) is 9.84 Å². The smallest absolute Gasteiger partial charge is 0.332 e. The number of ether oxygens (including phenoxy) is 1. The minimum absolute atomic E-state index is 0.0499. The molecule has 1 fully saturated rings. The molecule has 9 nitrogen and oxygen atoms in total. The topological polar surface area (TPSA) is 133 Å². The fourth-order valence-corrected chi connectivity index (χ4v) is 4.15. The standard InChI is InChI=1S/C16H22N2O7S/c1-11-2-3-12(15(20)17-5-4-13(19)16(21)22)10-14(11)26(23,24)18-6-8-25-9-7-18/h2-3,10,13,19H,4-9H2,1H3,(H,17,20)(H,21,22)/t13-/m0/s1. The first-order valence-corrected chi connectivity index (χ1v) is 9.55. The van der Waals surface area contributed by atoms with Crippen LogP contribution in [0.2, 0.25) is 0 Å². The fraction of sp³-hybridized carbons (Fsp3) is 0.500. The van der Waals surface area contributed by atoms with Crippen LogP contribution in [0.1, 0.15) is 22.3 Å². The summed E-state index contributed by atoms with van der Waals surface area (Å²) in [6, 6.07) is 4.36. The molecular formula is C16H22N2O7S. The number of carbonyl (C=O) groups excluding carboxylic acids is 1. The Labute approximate surface area is 151 Å². The van der Waals surface area contributed by atoms with E-state index >= 15 is 0 Å². The van der Waals surface area contributed by atoms with E-state index in [2.05, 4.69) is 5.32 Å². The molecule has 1 aliphatic heterocycles. The normalized spacial score (nSPS) is 16.8. The lowest BCUT2D eigenvalue weighted by molar-refractivity contribution is -0.146. The van der Waals surface area contributed by atoms with E-state index < -0.39 is 28.0 Å². The summed E-state index contributed by atoms with van der Waals surface area (Å²) in [6.45, 7) is 2.76. The molecule has 0 saturated carbocycles. The average Bonchev–Trinajstić information content (AvgIpc) is 2.62. The number of amides is 1. The molecule has 3 N–H and O–H groups in total. The van der Waals surface area contributed by atoms with Crippen molar-refractivity contribution in [2.75, 3.05) is 32.8 Å². The van der Waals surface area contributed by atoms with Gasteiger partial charge in [-0.15, -0.1) is 0 Å². The fourth-order valence-electron chi connectivity index (χ4n) is 2.49. The molecule has 144 valence electrons. The molecule has 26 heavy (non-hydrogen) atoms. The van der Waals surface area contributed by atoms with Crippen LogP contribution < -0.4 is 5.32 Å². The Morgan fingerprint density at radius 2 is 1.96 bits per heavy atom. The van der Waals surface area contributed by atoms with Crippen LogP contribution in [-0.2, 0) is 19.6 Å². The first-order valence-electron chi connectivity index (χ1n) is 8.11. The van der Waals surface area contributed by atoms with Crippen molar-refractivity contribution < 1.29 is 33.0 Å². The summed E-state index contributed by atoms with van der Waals surface area (Å²) in [5.74, 6) is -1.91. The van der Waals surface area contributed by atoms with Gasteiger partial charge in [-0.1, -0.05) is 6.07 Å². The number of aliphatic hydroxyl groups excluding tert-OH is 1. The van der Waals surface area contributed by atoms with E-state index in [-0.39, 0.29) is 36.5 Å². The molecule has 1 aliphatic rings. The molecule has 1 saturated heterocycles. The van der Waals surface area contributed by atoms with Gasteiger partial charge in [-0.3, -0.25) is 4.79 Å². The number of rotatable bonds is 7. The van der Waals surface area contributed by atoms with Gasteiger partial charge in [0.25, 0.3) is 5.91 Å². The van der Waals surface area contributed by atoms with Crippen molar-refractivity contribution in [2.24, 2.45) is 0 Å². The molecule has 10 heteroatoms. The lowest BCUT2D eigenvalue weighted by Crippen LogP contribution is -2.41. The van der Waals surface area contributed by atoms with Crippen LogP contribution in [0.25, 0.3) is 0 Å². The van der Waals surface area contributed by atoms with Gasteiger partial charge in [0.1, 0.15) is 0 Å². The van der Waals surface area contributed by atoms with E-state index in [0.29, 0.717) is 18.8 Å². The molecule has 0 radical (unpaired) electrons. The Bertz CT molecular complexity index is 773. The first-order chi connectivity index (χ1) is 12.2. The number of carbonyl (C=O) groups is 2. The Morgan fingerprint density at radius 3 is 2.58 bits per heavy atom. The average molecular weight is 386 g/mol. The molecule has 1 amide bonds. The number of hydrogen-bond acceptors (Lipinski definition) is 6. The monoisotopic (exact) mass is 386 g/mol. The molecule has 2 rings (SSSR count). The van der Waals surface area contributed by atoms with Crippen molar-refractivity contribution >= 4 is 21.9 Å². The molecular weight excluding hydrogens is 364 g/mol. The summed E-state index contributed by atoms with van der Waals surface area (Å²) in [7, 11) is -3.74. The molecule has 1 heterocycles. The van der Waals surface area contributed by atoms with E-state index in [1.165, 1.54) is 16.4 Å². The van der Waals surface area contributed by atoms with Crippen LogP contribution >= 0.6 is 0 Å². The molecule has 0 aromatic heterocycles. The molecule has 0 bridgehead atoms. The maximum Gasteiger partial charge on any atom is 0.332 e. The van der Waals surface area contributed by atoms with Crippen LogP contribution in [-0.4, -0.2) is 73.8 Å². The van der Waals surface area contributed by atoms with Crippen LogP contribution in [0.3, 0.4) is 0 Å². The Kier molecular flexibility index (Phi) is 6.70. The van der Waals surface area contributed by atoms with Crippen LogP contribution in [0.15, 0.2) is 23.1 Å². The van der Waals surface area contributed by atoms with Gasteiger partial charge in [-0.25, -0.2) is 13.2 Å². The van der Waals surface area contributed by atoms with Gasteiger partial charge in [0.05, 0.1) is 18.1 Å². The summed E-state index contributed by atoms with van der Waals surface area (Å²) in [5.41, 5.74) is 0.668. The van der Waals surface area contributed by atoms with Crippen LogP contribution in [0.4, 0.5) is 0 Å². The second-order valence-corrected chi connectivity index (χ2v) is 7.80. The molecule has 0 unspecified atom stereocenters. The third kappa shape index (κ3) is 4.79. The highest BCUT2D eigenvalue weighted by Gasteiger charge is 2.28. The van der Waals surface area contributed by atoms with E-state index in [0.717, 1.165) is 0 Å². The lowest BCUT2D eigenvalue weighted by atomic mass is 10.1. The van der Waals surface area contributed by atoms with Gasteiger partial charge in [-0.2, -0.15) is 4.31 Å². The van der Waals surface area contributed by atoms with Gasteiger partial charge < -0.3 is 20.3 Å². The number of aryl methyl sites for hydroxylation is 1. The van der Waals surface area contributed by atoms with Crippen LogP contribution in [0.5, 0.6) is 0 Å². The second-order valence-electron chi connectivity index (χ2n) is 5.90. The van der Waals surface area contributed by atoms with Gasteiger partial charge in [0.15, 0.2) is 6.10 Å². The number of carboxylic acid groups (broad SMARTS) is 1. The van der Waals surface area contributed by atoms with Gasteiger partial charge in [0, 0.05) is 31.6 Å². The summed E-state index contributed by atoms with van der Waals surface area (Å²) in [4.78, 5) is 22.8. The summed E-state index contributed by atoms with van der Waals surface area (Å²) >= 11 is 0.